The third-order valence-electron chi connectivity index (χ3n) is 3.02. The number of rotatable bonds is 3. The van der Waals surface area contributed by atoms with Gasteiger partial charge in [-0.05, 0) is 12.5 Å². The van der Waals surface area contributed by atoms with E-state index in [0.717, 1.165) is 12.1 Å². The van der Waals surface area contributed by atoms with Crippen LogP contribution >= 0.6 is 0 Å². The molecule has 1 fully saturated rings. The third kappa shape index (κ3) is 2.15. The Morgan fingerprint density at radius 1 is 1.50 bits per heavy atom. The lowest BCUT2D eigenvalue weighted by atomic mass is 10.1. The van der Waals surface area contributed by atoms with Gasteiger partial charge in [0.05, 0.1) is 12.8 Å². The maximum absolute atomic E-state index is 13.5. The normalized spacial score (nSPS) is 19.4. The number of amides is 1. The second-order valence-corrected chi connectivity index (χ2v) is 4.25. The van der Waals surface area contributed by atoms with Gasteiger partial charge in [-0.25, -0.2) is 8.78 Å². The summed E-state index contributed by atoms with van der Waals surface area (Å²) in [6, 6.07) is 1.82. The van der Waals surface area contributed by atoms with E-state index in [1.807, 2.05) is 0 Å². The van der Waals surface area contributed by atoms with Gasteiger partial charge in [0.15, 0.2) is 11.6 Å². The molecule has 6 heteroatoms. The number of halogens is 2. The smallest absolute Gasteiger partial charge is 0.227 e. The second-order valence-electron chi connectivity index (χ2n) is 4.25. The molecule has 1 aliphatic heterocycles. The topological polar surface area (TPSA) is 55.6 Å². The molecule has 2 rings (SSSR count). The van der Waals surface area contributed by atoms with E-state index in [-0.39, 0.29) is 29.7 Å². The van der Waals surface area contributed by atoms with Gasteiger partial charge in [-0.1, -0.05) is 0 Å². The van der Waals surface area contributed by atoms with Crippen molar-refractivity contribution in [1.82, 2.24) is 0 Å². The number of nitrogens with zero attached hydrogens (tertiary/aromatic N) is 1. The summed E-state index contributed by atoms with van der Waals surface area (Å²) < 4.78 is 31.7. The van der Waals surface area contributed by atoms with Crippen LogP contribution in [-0.2, 0) is 4.79 Å². The summed E-state index contributed by atoms with van der Waals surface area (Å²) in [5.74, 6) is -1.88. The Labute approximate surface area is 103 Å². The van der Waals surface area contributed by atoms with E-state index >= 15 is 0 Å². The molecule has 1 saturated heterocycles. The maximum Gasteiger partial charge on any atom is 0.227 e. The average molecular weight is 256 g/mol. The van der Waals surface area contributed by atoms with Crippen molar-refractivity contribution in [1.29, 1.82) is 0 Å². The van der Waals surface area contributed by atoms with Crippen LogP contribution in [0.5, 0.6) is 5.75 Å². The zero-order valence-electron chi connectivity index (χ0n) is 9.95. The average Bonchev–Trinajstić information content (AvgIpc) is 2.69. The minimum absolute atomic E-state index is 0.00790. The van der Waals surface area contributed by atoms with Crippen LogP contribution in [0, 0.1) is 17.6 Å². The number of hydrogen-bond donors (Lipinski definition) is 1. The number of methoxy groups -OCH3 is 1. The van der Waals surface area contributed by atoms with E-state index in [0.29, 0.717) is 13.1 Å². The fourth-order valence-electron chi connectivity index (χ4n) is 2.12. The van der Waals surface area contributed by atoms with Crippen LogP contribution < -0.4 is 15.4 Å². The van der Waals surface area contributed by atoms with Crippen molar-refractivity contribution in [2.45, 2.75) is 6.42 Å². The van der Waals surface area contributed by atoms with Gasteiger partial charge in [-0.15, -0.1) is 0 Å². The highest BCUT2D eigenvalue weighted by atomic mass is 19.1. The van der Waals surface area contributed by atoms with E-state index in [1.54, 1.807) is 0 Å². The molecule has 0 radical (unpaired) electrons. The first kappa shape index (κ1) is 12.8. The van der Waals surface area contributed by atoms with Crippen LogP contribution in [0.1, 0.15) is 6.42 Å². The summed E-state index contributed by atoms with van der Waals surface area (Å²) in [6.07, 6.45) is 0.289. The molecular formula is C12H14F2N2O2. The van der Waals surface area contributed by atoms with Gasteiger partial charge in [0.25, 0.3) is 0 Å². The van der Waals surface area contributed by atoms with Gasteiger partial charge < -0.3 is 15.4 Å². The molecule has 98 valence electrons. The van der Waals surface area contributed by atoms with Gasteiger partial charge in [-0.2, -0.15) is 0 Å². The molecule has 18 heavy (non-hydrogen) atoms. The molecule has 1 heterocycles. The lowest BCUT2D eigenvalue weighted by molar-refractivity contribution is -0.117. The Balaban J connectivity index is 2.41. The van der Waals surface area contributed by atoms with Crippen LogP contribution in [0.4, 0.5) is 14.5 Å². The first-order valence-electron chi connectivity index (χ1n) is 5.60. The summed E-state index contributed by atoms with van der Waals surface area (Å²) in [6.45, 7) is 0.719. The zero-order chi connectivity index (χ0) is 13.3. The number of benzene rings is 1. The Hall–Kier alpha value is -1.69. The Kier molecular flexibility index (Phi) is 3.47. The molecule has 1 aromatic rings. The molecule has 1 aromatic carbocycles. The summed E-state index contributed by atoms with van der Waals surface area (Å²) in [7, 11) is 1.28. The predicted octanol–water partition coefficient (Wildman–Crippen LogP) is 1.28. The Morgan fingerprint density at radius 3 is 2.78 bits per heavy atom. The van der Waals surface area contributed by atoms with Crippen LogP contribution in [0.15, 0.2) is 12.1 Å². The highest BCUT2D eigenvalue weighted by Crippen LogP contribution is 2.35. The van der Waals surface area contributed by atoms with E-state index in [1.165, 1.54) is 12.0 Å². The molecule has 0 spiro atoms. The minimum Gasteiger partial charge on any atom is -0.492 e. The van der Waals surface area contributed by atoms with E-state index in [4.69, 9.17) is 10.5 Å². The van der Waals surface area contributed by atoms with Crippen molar-refractivity contribution in [2.24, 2.45) is 11.7 Å². The SMILES string of the molecule is COc1c(F)cc(F)cc1N1CC(CN)CC1=O. The van der Waals surface area contributed by atoms with Gasteiger partial charge in [0.1, 0.15) is 5.82 Å². The summed E-state index contributed by atoms with van der Waals surface area (Å²) in [4.78, 5) is 13.1. The van der Waals surface area contributed by atoms with Crippen LogP contribution in [0.3, 0.4) is 0 Å². The molecule has 1 unspecified atom stereocenters. The minimum atomic E-state index is -0.823. The van der Waals surface area contributed by atoms with Crippen LogP contribution in [0.2, 0.25) is 0 Å². The number of carbonyl (C=O) groups excluding carboxylic acids is 1. The number of hydrogen-bond acceptors (Lipinski definition) is 3. The molecule has 0 aromatic heterocycles. The first-order valence-corrected chi connectivity index (χ1v) is 5.60. The number of ether oxygens (including phenoxy) is 1. The van der Waals surface area contributed by atoms with E-state index in [9.17, 15) is 13.6 Å². The van der Waals surface area contributed by atoms with Gasteiger partial charge in [-0.3, -0.25) is 4.79 Å². The standard InChI is InChI=1S/C12H14F2N2O2/c1-18-12-9(14)3-8(13)4-10(12)16-6-7(5-15)2-11(16)17/h3-4,7H,2,5-6,15H2,1H3. The van der Waals surface area contributed by atoms with Gasteiger partial charge in [0.2, 0.25) is 5.91 Å². The fourth-order valence-corrected chi connectivity index (χ4v) is 2.12. The molecule has 4 nitrogen and oxygen atoms in total. The fraction of sp³-hybridized carbons (Fsp3) is 0.417. The van der Waals surface area contributed by atoms with E-state index < -0.39 is 11.6 Å². The number of nitrogens with two attached hydrogens (primary N) is 1. The predicted molar refractivity (Wildman–Crippen MR) is 62.4 cm³/mol. The lowest BCUT2D eigenvalue weighted by Crippen LogP contribution is -2.26. The van der Waals surface area contributed by atoms with Gasteiger partial charge in [0, 0.05) is 25.1 Å². The molecule has 0 saturated carbocycles. The molecule has 0 bridgehead atoms. The van der Waals surface area contributed by atoms with Crippen molar-refractivity contribution < 1.29 is 18.3 Å². The highest BCUT2D eigenvalue weighted by Gasteiger charge is 2.32. The van der Waals surface area contributed by atoms with Crippen molar-refractivity contribution in [3.05, 3.63) is 23.8 Å². The highest BCUT2D eigenvalue weighted by molar-refractivity contribution is 5.97. The van der Waals surface area contributed by atoms with Crippen molar-refractivity contribution in [3.63, 3.8) is 0 Å². The quantitative estimate of drug-likeness (QED) is 0.886. The summed E-state index contributed by atoms with van der Waals surface area (Å²) in [5.41, 5.74) is 5.63. The largest absolute Gasteiger partial charge is 0.492 e. The molecule has 1 aliphatic rings. The molecule has 2 N–H and O–H groups in total. The Bertz CT molecular complexity index is 479. The van der Waals surface area contributed by atoms with Crippen molar-refractivity contribution >= 4 is 11.6 Å². The maximum atomic E-state index is 13.5. The molecular weight excluding hydrogens is 242 g/mol. The Morgan fingerprint density at radius 2 is 2.22 bits per heavy atom. The van der Waals surface area contributed by atoms with Crippen LogP contribution in [-0.4, -0.2) is 26.1 Å². The van der Waals surface area contributed by atoms with Gasteiger partial charge >= 0.3 is 0 Å². The summed E-state index contributed by atoms with van der Waals surface area (Å²) >= 11 is 0. The molecule has 0 aliphatic carbocycles. The number of carbonyl (C=O) groups is 1. The summed E-state index contributed by atoms with van der Waals surface area (Å²) in [5, 5.41) is 0. The number of anilines is 1. The second kappa shape index (κ2) is 4.89. The van der Waals surface area contributed by atoms with Crippen molar-refractivity contribution in [3.8, 4) is 5.75 Å². The van der Waals surface area contributed by atoms with Crippen LogP contribution in [0.25, 0.3) is 0 Å². The zero-order valence-corrected chi connectivity index (χ0v) is 9.95. The van der Waals surface area contributed by atoms with Crippen molar-refractivity contribution in [2.75, 3.05) is 25.1 Å². The molecule has 1 atom stereocenters. The molecule has 1 amide bonds. The first-order chi connectivity index (χ1) is 8.56. The lowest BCUT2D eigenvalue weighted by Gasteiger charge is -2.20. The third-order valence-corrected chi connectivity index (χ3v) is 3.02. The monoisotopic (exact) mass is 256 g/mol. The van der Waals surface area contributed by atoms with E-state index in [2.05, 4.69) is 0 Å².